The summed E-state index contributed by atoms with van der Waals surface area (Å²) in [5.41, 5.74) is 0.0105. The van der Waals surface area contributed by atoms with Gasteiger partial charge in [-0.05, 0) is 12.1 Å². The Hall–Kier alpha value is -1.99. The van der Waals surface area contributed by atoms with Crippen LogP contribution in [0.4, 0.5) is 10.5 Å². The maximum atomic E-state index is 11.6. The van der Waals surface area contributed by atoms with Crippen molar-refractivity contribution in [1.29, 1.82) is 0 Å². The summed E-state index contributed by atoms with van der Waals surface area (Å²) in [5.74, 6) is -1.39. The number of nitrogens with one attached hydrogen (secondary N) is 3. The Balaban J connectivity index is 2.68. The first kappa shape index (κ1) is 17.1. The first-order valence-electron chi connectivity index (χ1n) is 5.83. The summed E-state index contributed by atoms with van der Waals surface area (Å²) >= 11 is 11.8. The number of carbonyl (C=O) groups excluding carboxylic acids is 2. The first-order valence-corrected chi connectivity index (χ1v) is 6.58. The lowest BCUT2D eigenvalue weighted by molar-refractivity contribution is -0.120. The second-order valence-electron chi connectivity index (χ2n) is 3.92. The summed E-state index contributed by atoms with van der Waals surface area (Å²) < 4.78 is 0. The van der Waals surface area contributed by atoms with Crippen molar-refractivity contribution in [2.45, 2.75) is 6.42 Å². The van der Waals surface area contributed by atoms with Crippen LogP contribution >= 0.6 is 23.2 Å². The number of hydrogen-bond donors (Lipinski definition) is 4. The third-order valence-corrected chi connectivity index (χ3v) is 3.04. The topological polar surface area (TPSA) is 108 Å². The van der Waals surface area contributed by atoms with Crippen LogP contribution in [-0.2, 0) is 4.79 Å². The van der Waals surface area contributed by atoms with Crippen LogP contribution in [0.5, 0.6) is 0 Å². The molecule has 0 atom stereocenters. The SMILES string of the molecule is CNC(=O)CCNC(=O)Nc1c(Cl)cc(C(=O)O)cc1Cl. The highest BCUT2D eigenvalue weighted by Crippen LogP contribution is 2.31. The standard InChI is InChI=1S/C12H13Cl2N3O4/c1-15-9(18)2-3-16-12(21)17-10-7(13)4-6(11(19)20)5-8(10)14/h4-5H,2-3H2,1H3,(H,15,18)(H,19,20)(H2,16,17,21). The quantitative estimate of drug-likeness (QED) is 0.660. The van der Waals surface area contributed by atoms with E-state index in [9.17, 15) is 14.4 Å². The number of anilines is 1. The molecule has 0 fully saturated rings. The number of rotatable bonds is 5. The van der Waals surface area contributed by atoms with Gasteiger partial charge in [-0.1, -0.05) is 23.2 Å². The van der Waals surface area contributed by atoms with Gasteiger partial charge < -0.3 is 21.1 Å². The second kappa shape index (κ2) is 7.70. The maximum Gasteiger partial charge on any atom is 0.335 e. The number of carboxylic acids is 1. The van der Waals surface area contributed by atoms with E-state index in [2.05, 4.69) is 16.0 Å². The van der Waals surface area contributed by atoms with E-state index in [4.69, 9.17) is 28.3 Å². The van der Waals surface area contributed by atoms with Gasteiger partial charge in [-0.3, -0.25) is 4.79 Å². The molecule has 114 valence electrons. The van der Waals surface area contributed by atoms with Crippen molar-refractivity contribution in [2.24, 2.45) is 0 Å². The largest absolute Gasteiger partial charge is 0.478 e. The number of benzene rings is 1. The fourth-order valence-corrected chi connectivity index (χ4v) is 1.97. The summed E-state index contributed by atoms with van der Waals surface area (Å²) in [5, 5.41) is 16.1. The van der Waals surface area contributed by atoms with Crippen LogP contribution in [0.15, 0.2) is 12.1 Å². The van der Waals surface area contributed by atoms with Crippen molar-refractivity contribution in [3.8, 4) is 0 Å². The van der Waals surface area contributed by atoms with Crippen LogP contribution in [-0.4, -0.2) is 36.6 Å². The molecule has 9 heteroatoms. The normalized spacial score (nSPS) is 9.86. The minimum atomic E-state index is -1.18. The van der Waals surface area contributed by atoms with Gasteiger partial charge in [0, 0.05) is 20.0 Å². The van der Waals surface area contributed by atoms with E-state index in [-0.39, 0.29) is 40.2 Å². The van der Waals surface area contributed by atoms with Crippen molar-refractivity contribution in [3.63, 3.8) is 0 Å². The molecule has 0 aromatic heterocycles. The van der Waals surface area contributed by atoms with Gasteiger partial charge in [-0.25, -0.2) is 9.59 Å². The average molecular weight is 334 g/mol. The minimum Gasteiger partial charge on any atom is -0.478 e. The zero-order valence-corrected chi connectivity index (χ0v) is 12.5. The molecule has 3 amide bonds. The molecule has 0 radical (unpaired) electrons. The molecule has 0 aliphatic carbocycles. The van der Waals surface area contributed by atoms with Gasteiger partial charge in [-0.2, -0.15) is 0 Å². The second-order valence-corrected chi connectivity index (χ2v) is 4.74. The predicted octanol–water partition coefficient (Wildman–Crippen LogP) is 1.95. The fourth-order valence-electron chi connectivity index (χ4n) is 1.39. The predicted molar refractivity (Wildman–Crippen MR) is 79.1 cm³/mol. The molecule has 0 aliphatic heterocycles. The zero-order valence-electron chi connectivity index (χ0n) is 11.0. The summed E-state index contributed by atoms with van der Waals surface area (Å²) in [6, 6.07) is 1.75. The molecule has 7 nitrogen and oxygen atoms in total. The molecule has 1 aromatic carbocycles. The van der Waals surface area contributed by atoms with Crippen LogP contribution < -0.4 is 16.0 Å². The Morgan fingerprint density at radius 3 is 2.24 bits per heavy atom. The zero-order chi connectivity index (χ0) is 16.0. The highest BCUT2D eigenvalue weighted by Gasteiger charge is 2.14. The Morgan fingerprint density at radius 1 is 1.19 bits per heavy atom. The number of carboxylic acid groups (broad SMARTS) is 1. The lowest BCUT2D eigenvalue weighted by atomic mass is 10.2. The molecule has 0 bridgehead atoms. The van der Waals surface area contributed by atoms with Crippen LogP contribution in [0, 0.1) is 0 Å². The number of carbonyl (C=O) groups is 3. The van der Waals surface area contributed by atoms with Crippen LogP contribution in [0.25, 0.3) is 0 Å². The molecule has 4 N–H and O–H groups in total. The first-order chi connectivity index (χ1) is 9.85. The van der Waals surface area contributed by atoms with Gasteiger partial charge in [0.2, 0.25) is 5.91 Å². The van der Waals surface area contributed by atoms with Gasteiger partial charge in [0.15, 0.2) is 0 Å². The number of aromatic carboxylic acids is 1. The van der Waals surface area contributed by atoms with Crippen LogP contribution in [0.1, 0.15) is 16.8 Å². The van der Waals surface area contributed by atoms with Gasteiger partial charge >= 0.3 is 12.0 Å². The smallest absolute Gasteiger partial charge is 0.335 e. The Kier molecular flexibility index (Phi) is 6.26. The van der Waals surface area contributed by atoms with Gasteiger partial charge in [0.25, 0.3) is 0 Å². The number of urea groups is 1. The number of halogens is 2. The summed E-state index contributed by atoms with van der Waals surface area (Å²) in [6.07, 6.45) is 0.128. The van der Waals surface area contributed by atoms with Crippen molar-refractivity contribution in [2.75, 3.05) is 18.9 Å². The molecule has 1 rings (SSSR count). The van der Waals surface area contributed by atoms with Crippen molar-refractivity contribution in [1.82, 2.24) is 10.6 Å². The molecule has 0 saturated heterocycles. The van der Waals surface area contributed by atoms with Crippen LogP contribution in [0.2, 0.25) is 10.0 Å². The molecule has 0 unspecified atom stereocenters. The molecule has 21 heavy (non-hydrogen) atoms. The Bertz CT molecular complexity index is 555. The third-order valence-electron chi connectivity index (χ3n) is 2.44. The lowest BCUT2D eigenvalue weighted by Gasteiger charge is -2.11. The summed E-state index contributed by atoms with van der Waals surface area (Å²) in [7, 11) is 1.49. The highest BCUT2D eigenvalue weighted by atomic mass is 35.5. The molecule has 0 spiro atoms. The minimum absolute atomic E-state index is 0.00125. The van der Waals surface area contributed by atoms with E-state index in [0.29, 0.717) is 0 Å². The molecule has 0 heterocycles. The molecule has 1 aromatic rings. The van der Waals surface area contributed by atoms with Crippen LogP contribution in [0.3, 0.4) is 0 Å². The average Bonchev–Trinajstić information content (AvgIpc) is 2.42. The van der Waals surface area contributed by atoms with Gasteiger partial charge in [0.1, 0.15) is 0 Å². The molecule has 0 aliphatic rings. The van der Waals surface area contributed by atoms with E-state index in [1.54, 1.807) is 0 Å². The van der Waals surface area contributed by atoms with Crippen molar-refractivity contribution < 1.29 is 19.5 Å². The van der Waals surface area contributed by atoms with Gasteiger partial charge in [0.05, 0.1) is 21.3 Å². The van der Waals surface area contributed by atoms with Crippen molar-refractivity contribution in [3.05, 3.63) is 27.7 Å². The molecular weight excluding hydrogens is 321 g/mol. The van der Waals surface area contributed by atoms with E-state index in [1.807, 2.05) is 0 Å². The van der Waals surface area contributed by atoms with Gasteiger partial charge in [-0.15, -0.1) is 0 Å². The van der Waals surface area contributed by atoms with Crippen molar-refractivity contribution >= 4 is 46.8 Å². The van der Waals surface area contributed by atoms with E-state index >= 15 is 0 Å². The maximum absolute atomic E-state index is 11.6. The number of hydrogen-bond acceptors (Lipinski definition) is 3. The molecular formula is C12H13Cl2N3O4. The monoisotopic (exact) mass is 333 g/mol. The van der Waals surface area contributed by atoms with E-state index in [1.165, 1.54) is 19.2 Å². The van der Waals surface area contributed by atoms with E-state index in [0.717, 1.165) is 0 Å². The highest BCUT2D eigenvalue weighted by molar-refractivity contribution is 6.40. The lowest BCUT2D eigenvalue weighted by Crippen LogP contribution is -2.32. The Labute approximate surface area is 130 Å². The summed E-state index contributed by atoms with van der Waals surface area (Å²) in [4.78, 5) is 33.4. The molecule has 0 saturated carbocycles. The fraction of sp³-hybridized carbons (Fsp3) is 0.250. The van der Waals surface area contributed by atoms with E-state index < -0.39 is 12.0 Å². The Morgan fingerprint density at radius 2 is 1.76 bits per heavy atom. The third kappa shape index (κ3) is 5.13. The number of amides is 3. The summed E-state index contributed by atoms with van der Waals surface area (Å²) in [6.45, 7) is 0.133.